The highest BCUT2D eigenvalue weighted by atomic mass is 32.2. The summed E-state index contributed by atoms with van der Waals surface area (Å²) in [5.74, 6) is 0.774. The maximum absolute atomic E-state index is 12.1. The molecule has 0 radical (unpaired) electrons. The summed E-state index contributed by atoms with van der Waals surface area (Å²) in [6.45, 7) is 0. The Hall–Kier alpha value is -1.60. The number of aromatic nitrogens is 2. The molecule has 1 amide bonds. The second-order valence-electron chi connectivity index (χ2n) is 6.28. The summed E-state index contributed by atoms with van der Waals surface area (Å²) < 4.78 is 0.920. The minimum atomic E-state index is 0.0568. The first kappa shape index (κ1) is 15.9. The van der Waals surface area contributed by atoms with Gasteiger partial charge >= 0.3 is 0 Å². The van der Waals surface area contributed by atoms with Crippen molar-refractivity contribution in [2.45, 2.75) is 48.9 Å². The Morgan fingerprint density at radius 1 is 1.25 bits per heavy atom. The number of fused-ring (bicyclic) bond motifs is 1. The molecule has 0 atom stereocenters. The molecule has 5 nitrogen and oxygen atoms in total. The largest absolute Gasteiger partial charge is 0.357 e. The molecule has 1 fully saturated rings. The molecule has 0 saturated heterocycles. The van der Waals surface area contributed by atoms with Crippen LogP contribution in [0.3, 0.4) is 0 Å². The lowest BCUT2D eigenvalue weighted by atomic mass is 10.1. The molecule has 2 aliphatic rings. The first-order chi connectivity index (χ1) is 11.8. The Morgan fingerprint density at radius 2 is 2.12 bits per heavy atom. The molecule has 1 aromatic heterocycles. The topological polar surface area (TPSA) is 66.9 Å². The van der Waals surface area contributed by atoms with E-state index in [0.29, 0.717) is 12.5 Å². The molecule has 2 aliphatic carbocycles. The van der Waals surface area contributed by atoms with Crippen LogP contribution in [-0.2, 0) is 17.6 Å². The van der Waals surface area contributed by atoms with Crippen molar-refractivity contribution in [1.29, 1.82) is 0 Å². The Kier molecular flexibility index (Phi) is 4.71. The molecule has 126 valence electrons. The monoisotopic (exact) mass is 360 g/mol. The van der Waals surface area contributed by atoms with Crippen LogP contribution in [0.25, 0.3) is 0 Å². The van der Waals surface area contributed by atoms with Gasteiger partial charge in [0.2, 0.25) is 11.0 Å². The molecular weight excluding hydrogens is 340 g/mol. The van der Waals surface area contributed by atoms with Gasteiger partial charge in [0, 0.05) is 23.9 Å². The van der Waals surface area contributed by atoms with E-state index in [9.17, 15) is 4.79 Å². The average Bonchev–Trinajstić information content (AvgIpc) is 3.07. The average molecular weight is 361 g/mol. The van der Waals surface area contributed by atoms with Gasteiger partial charge in [-0.1, -0.05) is 29.2 Å². The Balaban J connectivity index is 1.22. The van der Waals surface area contributed by atoms with Crippen molar-refractivity contribution in [2.75, 3.05) is 16.4 Å². The highest BCUT2D eigenvalue weighted by molar-refractivity contribution is 8.01. The lowest BCUT2D eigenvalue weighted by Gasteiger charge is -2.07. The van der Waals surface area contributed by atoms with Gasteiger partial charge in [0.1, 0.15) is 0 Å². The Morgan fingerprint density at radius 3 is 3.00 bits per heavy atom. The van der Waals surface area contributed by atoms with Gasteiger partial charge in [-0.05, 0) is 55.4 Å². The summed E-state index contributed by atoms with van der Waals surface area (Å²) in [6.07, 6.45) is 6.45. The van der Waals surface area contributed by atoms with Crippen LogP contribution in [0, 0.1) is 0 Å². The fourth-order valence-corrected chi connectivity index (χ4v) is 4.67. The summed E-state index contributed by atoms with van der Waals surface area (Å²) in [5, 5.41) is 15.5. The zero-order chi connectivity index (χ0) is 16.4. The van der Waals surface area contributed by atoms with Gasteiger partial charge in [0.15, 0.2) is 4.34 Å². The summed E-state index contributed by atoms with van der Waals surface area (Å²) in [7, 11) is 0. The van der Waals surface area contributed by atoms with E-state index in [0.717, 1.165) is 27.3 Å². The minimum Gasteiger partial charge on any atom is -0.357 e. The van der Waals surface area contributed by atoms with Crippen molar-refractivity contribution in [2.24, 2.45) is 0 Å². The van der Waals surface area contributed by atoms with Crippen LogP contribution >= 0.6 is 23.1 Å². The van der Waals surface area contributed by atoms with Crippen LogP contribution < -0.4 is 10.6 Å². The van der Waals surface area contributed by atoms with E-state index in [1.54, 1.807) is 23.1 Å². The second kappa shape index (κ2) is 7.11. The number of rotatable bonds is 7. The van der Waals surface area contributed by atoms with Crippen molar-refractivity contribution >= 4 is 39.8 Å². The van der Waals surface area contributed by atoms with Crippen LogP contribution in [0.2, 0.25) is 0 Å². The molecule has 0 unspecified atom stereocenters. The molecule has 7 heteroatoms. The van der Waals surface area contributed by atoms with Crippen LogP contribution in [-0.4, -0.2) is 27.9 Å². The number of carbonyl (C=O) groups is 1. The van der Waals surface area contributed by atoms with Crippen molar-refractivity contribution in [3.8, 4) is 0 Å². The number of thioether (sulfide) groups is 1. The Bertz CT molecular complexity index is 742. The third-order valence-electron chi connectivity index (χ3n) is 4.25. The number of aryl methyl sites for hydroxylation is 2. The van der Waals surface area contributed by atoms with E-state index in [1.165, 1.54) is 36.8 Å². The zero-order valence-corrected chi connectivity index (χ0v) is 15.0. The lowest BCUT2D eigenvalue weighted by molar-refractivity contribution is -0.115. The first-order valence-corrected chi connectivity index (χ1v) is 10.2. The molecule has 1 saturated carbocycles. The molecule has 1 aromatic carbocycles. The number of anilines is 2. The number of carbonyl (C=O) groups excluding carboxylic acids is 1. The van der Waals surface area contributed by atoms with E-state index in [-0.39, 0.29) is 5.91 Å². The van der Waals surface area contributed by atoms with Crippen LogP contribution in [0.1, 0.15) is 36.8 Å². The minimum absolute atomic E-state index is 0.0568. The molecule has 0 spiro atoms. The van der Waals surface area contributed by atoms with Gasteiger partial charge in [-0.25, -0.2) is 0 Å². The summed E-state index contributed by atoms with van der Waals surface area (Å²) in [4.78, 5) is 12.1. The van der Waals surface area contributed by atoms with Crippen molar-refractivity contribution in [3.63, 3.8) is 0 Å². The summed E-state index contributed by atoms with van der Waals surface area (Å²) >= 11 is 3.16. The molecule has 0 bridgehead atoms. The van der Waals surface area contributed by atoms with Crippen LogP contribution in [0.15, 0.2) is 22.5 Å². The van der Waals surface area contributed by atoms with Crippen molar-refractivity contribution < 1.29 is 4.79 Å². The van der Waals surface area contributed by atoms with Gasteiger partial charge in [-0.2, -0.15) is 0 Å². The maximum atomic E-state index is 12.1. The number of nitrogens with one attached hydrogen (secondary N) is 2. The summed E-state index contributed by atoms with van der Waals surface area (Å²) in [6, 6.07) is 6.86. The van der Waals surface area contributed by atoms with Crippen LogP contribution in [0.5, 0.6) is 0 Å². The van der Waals surface area contributed by atoms with E-state index in [4.69, 9.17) is 0 Å². The highest BCUT2D eigenvalue weighted by Crippen LogP contribution is 2.30. The number of amides is 1. The SMILES string of the molecule is O=C(CCSc1nnc(NC2CC2)s1)Nc1ccc2c(c1)CCC2. The molecule has 2 aromatic rings. The predicted molar refractivity (Wildman–Crippen MR) is 99.0 cm³/mol. The number of hydrogen-bond acceptors (Lipinski definition) is 6. The molecule has 0 aliphatic heterocycles. The molecular formula is C17H20N4OS2. The molecule has 4 rings (SSSR count). The van der Waals surface area contributed by atoms with E-state index in [2.05, 4.69) is 33.0 Å². The van der Waals surface area contributed by atoms with Crippen LogP contribution in [0.4, 0.5) is 10.8 Å². The predicted octanol–water partition coefficient (Wildman–Crippen LogP) is 3.72. The van der Waals surface area contributed by atoms with E-state index in [1.807, 2.05) is 6.07 Å². The normalized spacial score (nSPS) is 16.0. The summed E-state index contributed by atoms with van der Waals surface area (Å²) in [5.41, 5.74) is 3.72. The van der Waals surface area contributed by atoms with Gasteiger partial charge in [-0.15, -0.1) is 10.2 Å². The van der Waals surface area contributed by atoms with Gasteiger partial charge in [0.25, 0.3) is 0 Å². The highest BCUT2D eigenvalue weighted by Gasteiger charge is 2.22. The number of benzene rings is 1. The fraction of sp³-hybridized carbons (Fsp3) is 0.471. The third-order valence-corrected chi connectivity index (χ3v) is 6.24. The standard InChI is InChI=1S/C17H20N4OS2/c22-15(18-14-5-4-11-2-1-3-12(11)10-14)8-9-23-17-21-20-16(24-17)19-13-6-7-13/h4-5,10,13H,1-3,6-9H2,(H,18,22)(H,19,20). The van der Waals surface area contributed by atoms with Gasteiger partial charge in [-0.3, -0.25) is 4.79 Å². The first-order valence-electron chi connectivity index (χ1n) is 8.41. The molecule has 2 N–H and O–H groups in total. The van der Waals surface area contributed by atoms with Crippen molar-refractivity contribution in [3.05, 3.63) is 29.3 Å². The van der Waals surface area contributed by atoms with Crippen molar-refractivity contribution in [1.82, 2.24) is 10.2 Å². The van der Waals surface area contributed by atoms with Gasteiger partial charge in [0.05, 0.1) is 0 Å². The quantitative estimate of drug-likeness (QED) is 0.737. The van der Waals surface area contributed by atoms with Gasteiger partial charge < -0.3 is 10.6 Å². The van der Waals surface area contributed by atoms with E-state index >= 15 is 0 Å². The Labute approximate surface area is 149 Å². The molecule has 1 heterocycles. The number of nitrogens with zero attached hydrogens (tertiary/aromatic N) is 2. The zero-order valence-electron chi connectivity index (χ0n) is 13.4. The molecule has 24 heavy (non-hydrogen) atoms. The smallest absolute Gasteiger partial charge is 0.225 e. The maximum Gasteiger partial charge on any atom is 0.225 e. The number of hydrogen-bond donors (Lipinski definition) is 2. The third kappa shape index (κ3) is 4.08. The van der Waals surface area contributed by atoms with E-state index < -0.39 is 0 Å². The lowest BCUT2D eigenvalue weighted by Crippen LogP contribution is -2.12. The second-order valence-corrected chi connectivity index (χ2v) is 8.59. The fourth-order valence-electron chi connectivity index (χ4n) is 2.83.